The summed E-state index contributed by atoms with van der Waals surface area (Å²) in [7, 11) is 0. The number of nitrogens with zero attached hydrogens (tertiary/aromatic N) is 2. The summed E-state index contributed by atoms with van der Waals surface area (Å²) in [4.78, 5) is 18.5. The van der Waals surface area contributed by atoms with E-state index in [0.717, 1.165) is 51.4 Å². The van der Waals surface area contributed by atoms with Gasteiger partial charge in [-0.3, -0.25) is 9.69 Å². The molecule has 1 amide bonds. The van der Waals surface area contributed by atoms with Crippen LogP contribution in [0, 0.1) is 0 Å². The van der Waals surface area contributed by atoms with Crippen molar-refractivity contribution in [2.75, 3.05) is 49.6 Å². The van der Waals surface area contributed by atoms with Gasteiger partial charge in [0, 0.05) is 35.4 Å². The molecular weight excluding hydrogens is 346 g/mol. The number of benzene rings is 1. The molecule has 0 spiro atoms. The van der Waals surface area contributed by atoms with Crippen LogP contribution in [0.3, 0.4) is 0 Å². The minimum Gasteiger partial charge on any atom is -0.378 e. The Labute approximate surface area is 158 Å². The number of anilines is 2. The molecule has 1 atom stereocenters. The average molecular weight is 372 g/mol. The highest BCUT2D eigenvalue weighted by Crippen LogP contribution is 2.34. The molecule has 2 saturated heterocycles. The van der Waals surface area contributed by atoms with Crippen LogP contribution in [0.5, 0.6) is 0 Å². The zero-order valence-corrected chi connectivity index (χ0v) is 15.7. The topological polar surface area (TPSA) is 44.8 Å². The molecule has 3 heterocycles. The summed E-state index contributed by atoms with van der Waals surface area (Å²) < 4.78 is 5.39. The summed E-state index contributed by atoms with van der Waals surface area (Å²) in [6.07, 6.45) is 2.30. The Kier molecular flexibility index (Phi) is 5.53. The lowest BCUT2D eigenvalue weighted by Gasteiger charge is -2.29. The highest BCUT2D eigenvalue weighted by molar-refractivity contribution is 7.10. The molecule has 6 heteroatoms. The summed E-state index contributed by atoms with van der Waals surface area (Å²) in [5, 5.41) is 5.16. The molecule has 0 unspecified atom stereocenters. The minimum absolute atomic E-state index is 0.0626. The Morgan fingerprint density at radius 1 is 1.15 bits per heavy atom. The number of carbonyl (C=O) groups excluding carboxylic acids is 1. The highest BCUT2D eigenvalue weighted by atomic mass is 32.1. The van der Waals surface area contributed by atoms with E-state index in [1.165, 1.54) is 10.6 Å². The fourth-order valence-corrected chi connectivity index (χ4v) is 4.68. The van der Waals surface area contributed by atoms with Crippen molar-refractivity contribution in [3.63, 3.8) is 0 Å². The SMILES string of the molecule is O=C(CN1CCC[C@@H]1c1cccs1)Nc1ccc(N2CCOCC2)cc1. The van der Waals surface area contributed by atoms with Gasteiger partial charge in [-0.25, -0.2) is 0 Å². The molecule has 4 rings (SSSR count). The molecule has 138 valence electrons. The lowest BCUT2D eigenvalue weighted by molar-refractivity contribution is -0.117. The van der Waals surface area contributed by atoms with Crippen molar-refractivity contribution in [3.05, 3.63) is 46.7 Å². The van der Waals surface area contributed by atoms with E-state index >= 15 is 0 Å². The molecule has 0 radical (unpaired) electrons. The van der Waals surface area contributed by atoms with Crippen LogP contribution < -0.4 is 10.2 Å². The van der Waals surface area contributed by atoms with Gasteiger partial charge in [-0.2, -0.15) is 0 Å². The van der Waals surface area contributed by atoms with Gasteiger partial charge in [-0.15, -0.1) is 11.3 Å². The Balaban J connectivity index is 1.33. The number of likely N-dealkylation sites (tertiary alicyclic amines) is 1. The first kappa shape index (κ1) is 17.5. The van der Waals surface area contributed by atoms with Crippen molar-refractivity contribution in [1.82, 2.24) is 4.90 Å². The predicted octanol–water partition coefficient (Wildman–Crippen LogP) is 3.36. The Morgan fingerprint density at radius 3 is 2.69 bits per heavy atom. The second kappa shape index (κ2) is 8.20. The summed E-state index contributed by atoms with van der Waals surface area (Å²) in [6, 6.07) is 12.8. The maximum atomic E-state index is 12.5. The second-order valence-electron chi connectivity index (χ2n) is 6.84. The molecule has 0 saturated carbocycles. The molecule has 2 aromatic rings. The van der Waals surface area contributed by atoms with E-state index in [1.54, 1.807) is 11.3 Å². The van der Waals surface area contributed by atoms with Crippen molar-refractivity contribution in [2.45, 2.75) is 18.9 Å². The number of thiophene rings is 1. The van der Waals surface area contributed by atoms with Crippen LogP contribution in [0.4, 0.5) is 11.4 Å². The number of morpholine rings is 1. The zero-order valence-electron chi connectivity index (χ0n) is 14.9. The van der Waals surface area contributed by atoms with E-state index in [1.807, 2.05) is 12.1 Å². The van der Waals surface area contributed by atoms with Gasteiger partial charge in [-0.1, -0.05) is 6.07 Å². The van der Waals surface area contributed by atoms with Gasteiger partial charge < -0.3 is 15.0 Å². The van der Waals surface area contributed by atoms with Crippen molar-refractivity contribution in [1.29, 1.82) is 0 Å². The predicted molar refractivity (Wildman–Crippen MR) is 106 cm³/mol. The van der Waals surface area contributed by atoms with Crippen LogP contribution >= 0.6 is 11.3 Å². The lowest BCUT2D eigenvalue weighted by atomic mass is 10.2. The standard InChI is InChI=1S/C20H25N3O2S/c24-20(15-23-9-1-3-18(23)19-4-2-14-26-19)21-16-5-7-17(8-6-16)22-10-12-25-13-11-22/h2,4-8,14,18H,1,3,9-13,15H2,(H,21,24)/t18-/m1/s1. The molecule has 1 aromatic heterocycles. The fourth-order valence-electron chi connectivity index (χ4n) is 3.78. The van der Waals surface area contributed by atoms with Crippen LogP contribution in [-0.2, 0) is 9.53 Å². The van der Waals surface area contributed by atoms with Gasteiger partial charge in [0.05, 0.1) is 19.8 Å². The maximum absolute atomic E-state index is 12.5. The third-order valence-corrected chi connectivity index (χ3v) is 6.08. The van der Waals surface area contributed by atoms with Crippen LogP contribution in [0.25, 0.3) is 0 Å². The van der Waals surface area contributed by atoms with Crippen LogP contribution in [0.15, 0.2) is 41.8 Å². The Hall–Kier alpha value is -1.89. The number of ether oxygens (including phenoxy) is 1. The normalized spacial score (nSPS) is 21.1. The highest BCUT2D eigenvalue weighted by Gasteiger charge is 2.28. The van der Waals surface area contributed by atoms with Gasteiger partial charge >= 0.3 is 0 Å². The molecule has 26 heavy (non-hydrogen) atoms. The summed E-state index contributed by atoms with van der Waals surface area (Å²) in [6.45, 7) is 4.84. The van der Waals surface area contributed by atoms with Crippen LogP contribution in [0.2, 0.25) is 0 Å². The van der Waals surface area contributed by atoms with Crippen molar-refractivity contribution < 1.29 is 9.53 Å². The van der Waals surface area contributed by atoms with Gasteiger partial charge in [0.1, 0.15) is 0 Å². The number of nitrogens with one attached hydrogen (secondary N) is 1. The van der Waals surface area contributed by atoms with E-state index in [0.29, 0.717) is 12.6 Å². The Bertz CT molecular complexity index is 711. The zero-order chi connectivity index (χ0) is 17.8. The number of carbonyl (C=O) groups is 1. The third kappa shape index (κ3) is 4.09. The van der Waals surface area contributed by atoms with Crippen LogP contribution in [0.1, 0.15) is 23.8 Å². The first-order chi connectivity index (χ1) is 12.8. The lowest BCUT2D eigenvalue weighted by Crippen LogP contribution is -2.36. The maximum Gasteiger partial charge on any atom is 0.238 e. The van der Waals surface area contributed by atoms with E-state index in [9.17, 15) is 4.79 Å². The smallest absolute Gasteiger partial charge is 0.238 e. The first-order valence-corrected chi connectivity index (χ1v) is 10.2. The molecule has 0 bridgehead atoms. The van der Waals surface area contributed by atoms with E-state index in [4.69, 9.17) is 4.74 Å². The first-order valence-electron chi connectivity index (χ1n) is 9.30. The summed E-state index contributed by atoms with van der Waals surface area (Å²) in [5.41, 5.74) is 2.04. The number of rotatable bonds is 5. The minimum atomic E-state index is 0.0626. The third-order valence-electron chi connectivity index (χ3n) is 5.11. The van der Waals surface area contributed by atoms with Gasteiger partial charge in [0.2, 0.25) is 5.91 Å². The number of amides is 1. The largest absolute Gasteiger partial charge is 0.378 e. The molecule has 0 aliphatic carbocycles. The van der Waals surface area contributed by atoms with Crippen LogP contribution in [-0.4, -0.2) is 50.2 Å². The van der Waals surface area contributed by atoms with Gasteiger partial charge in [-0.05, 0) is 55.1 Å². The molecule has 2 fully saturated rings. The summed E-state index contributed by atoms with van der Waals surface area (Å²) in [5.74, 6) is 0.0626. The summed E-state index contributed by atoms with van der Waals surface area (Å²) >= 11 is 1.78. The van der Waals surface area contributed by atoms with E-state index in [-0.39, 0.29) is 5.91 Å². The van der Waals surface area contributed by atoms with Crippen molar-refractivity contribution >= 4 is 28.6 Å². The number of hydrogen-bond acceptors (Lipinski definition) is 5. The molecule has 5 nitrogen and oxygen atoms in total. The monoisotopic (exact) mass is 371 g/mol. The quantitative estimate of drug-likeness (QED) is 0.875. The Morgan fingerprint density at radius 2 is 1.96 bits per heavy atom. The van der Waals surface area contributed by atoms with Crippen molar-refractivity contribution in [3.8, 4) is 0 Å². The molecule has 1 N–H and O–H groups in total. The van der Waals surface area contributed by atoms with Crippen molar-refractivity contribution in [2.24, 2.45) is 0 Å². The molecule has 2 aliphatic heterocycles. The average Bonchev–Trinajstić information content (AvgIpc) is 3.34. The van der Waals surface area contributed by atoms with E-state index < -0.39 is 0 Å². The van der Waals surface area contributed by atoms with Gasteiger partial charge in [0.25, 0.3) is 0 Å². The molecule has 2 aliphatic rings. The fraction of sp³-hybridized carbons (Fsp3) is 0.450. The second-order valence-corrected chi connectivity index (χ2v) is 7.82. The number of hydrogen-bond donors (Lipinski definition) is 1. The van der Waals surface area contributed by atoms with E-state index in [2.05, 4.69) is 44.8 Å². The molecule has 1 aromatic carbocycles. The van der Waals surface area contributed by atoms with Gasteiger partial charge in [0.15, 0.2) is 0 Å². The molecular formula is C20H25N3O2S.